The summed E-state index contributed by atoms with van der Waals surface area (Å²) < 4.78 is 10.5. The molecule has 4 rings (SSSR count). The molecule has 0 heterocycles. The van der Waals surface area contributed by atoms with E-state index in [1.165, 1.54) is 7.11 Å². The number of fused-ring (bicyclic) bond motifs is 3. The van der Waals surface area contributed by atoms with E-state index in [0.29, 0.717) is 12.8 Å². The first-order valence-corrected chi connectivity index (χ1v) is 11.1. The van der Waals surface area contributed by atoms with E-state index in [1.54, 1.807) is 0 Å². The third-order valence-corrected chi connectivity index (χ3v) is 6.45. The number of aliphatic carboxylic acids is 1. The van der Waals surface area contributed by atoms with Gasteiger partial charge in [0.2, 0.25) is 5.91 Å². The van der Waals surface area contributed by atoms with Crippen LogP contribution >= 0.6 is 0 Å². The summed E-state index contributed by atoms with van der Waals surface area (Å²) in [7, 11) is 1.37. The Morgan fingerprint density at radius 1 is 1.03 bits per heavy atom. The van der Waals surface area contributed by atoms with Crippen molar-refractivity contribution in [1.82, 2.24) is 10.6 Å². The van der Waals surface area contributed by atoms with Gasteiger partial charge in [-0.3, -0.25) is 4.79 Å². The summed E-state index contributed by atoms with van der Waals surface area (Å²) in [6, 6.07) is 14.7. The van der Waals surface area contributed by atoms with Crippen molar-refractivity contribution in [2.45, 2.75) is 37.3 Å². The lowest BCUT2D eigenvalue weighted by Gasteiger charge is -2.23. The molecule has 0 spiro atoms. The second-order valence-corrected chi connectivity index (χ2v) is 8.47. The molecule has 2 aliphatic rings. The average molecular weight is 453 g/mol. The van der Waals surface area contributed by atoms with Crippen LogP contribution in [0.4, 0.5) is 4.79 Å². The average Bonchev–Trinajstić information content (AvgIpc) is 3.40. The largest absolute Gasteiger partial charge is 0.480 e. The van der Waals surface area contributed by atoms with Crippen LogP contribution in [-0.2, 0) is 19.1 Å². The van der Waals surface area contributed by atoms with Crippen molar-refractivity contribution in [3.8, 4) is 11.1 Å². The number of hydrogen-bond donors (Lipinski definition) is 3. The fourth-order valence-electron chi connectivity index (χ4n) is 4.86. The number of hydrogen-bond acceptors (Lipinski definition) is 5. The van der Waals surface area contributed by atoms with Gasteiger partial charge in [0.05, 0.1) is 12.5 Å². The molecule has 3 atom stereocenters. The SMILES string of the molecule is COCC(NC(=O)C1CCCC1NC(=O)OCC1c2ccccc2-c2ccccc21)C(=O)O. The molecule has 0 aromatic heterocycles. The lowest BCUT2D eigenvalue weighted by Crippen LogP contribution is -2.50. The molecule has 0 bridgehead atoms. The molecular weight excluding hydrogens is 424 g/mol. The Balaban J connectivity index is 1.36. The second-order valence-electron chi connectivity index (χ2n) is 8.47. The van der Waals surface area contributed by atoms with Crippen LogP contribution < -0.4 is 10.6 Å². The topological polar surface area (TPSA) is 114 Å². The number of methoxy groups -OCH3 is 1. The maximum absolute atomic E-state index is 12.6. The molecule has 0 radical (unpaired) electrons. The molecule has 1 saturated carbocycles. The minimum absolute atomic E-state index is 0.0452. The number of benzene rings is 2. The highest BCUT2D eigenvalue weighted by Crippen LogP contribution is 2.44. The van der Waals surface area contributed by atoms with Gasteiger partial charge in [-0.15, -0.1) is 0 Å². The first kappa shape index (κ1) is 22.8. The van der Waals surface area contributed by atoms with Crippen molar-refractivity contribution >= 4 is 18.0 Å². The molecule has 0 aliphatic heterocycles. The van der Waals surface area contributed by atoms with Crippen LogP contribution in [0.15, 0.2) is 48.5 Å². The zero-order valence-corrected chi connectivity index (χ0v) is 18.5. The van der Waals surface area contributed by atoms with Crippen molar-refractivity contribution in [2.75, 3.05) is 20.3 Å². The van der Waals surface area contributed by atoms with Crippen LogP contribution in [-0.4, -0.2) is 55.5 Å². The summed E-state index contributed by atoms with van der Waals surface area (Å²) in [6.45, 7) is 0.0661. The summed E-state index contributed by atoms with van der Waals surface area (Å²) in [5.41, 5.74) is 4.56. The number of nitrogens with one attached hydrogen (secondary N) is 2. The van der Waals surface area contributed by atoms with E-state index >= 15 is 0 Å². The van der Waals surface area contributed by atoms with E-state index in [4.69, 9.17) is 9.47 Å². The van der Waals surface area contributed by atoms with Crippen LogP contribution in [0.3, 0.4) is 0 Å². The van der Waals surface area contributed by atoms with Gasteiger partial charge in [-0.1, -0.05) is 55.0 Å². The van der Waals surface area contributed by atoms with Gasteiger partial charge in [0.1, 0.15) is 6.61 Å². The van der Waals surface area contributed by atoms with Gasteiger partial charge < -0.3 is 25.2 Å². The number of rotatable bonds is 8. The van der Waals surface area contributed by atoms with Gasteiger partial charge in [-0.25, -0.2) is 9.59 Å². The highest BCUT2D eigenvalue weighted by atomic mass is 16.5. The third kappa shape index (κ3) is 4.85. The van der Waals surface area contributed by atoms with Crippen molar-refractivity contribution in [3.05, 3.63) is 59.7 Å². The predicted octanol–water partition coefficient (Wildman–Crippen LogP) is 2.91. The van der Waals surface area contributed by atoms with Gasteiger partial charge in [-0.05, 0) is 35.1 Å². The summed E-state index contributed by atoms with van der Waals surface area (Å²) in [6.07, 6.45) is 1.38. The molecule has 33 heavy (non-hydrogen) atoms. The van der Waals surface area contributed by atoms with E-state index in [2.05, 4.69) is 34.9 Å². The highest BCUT2D eigenvalue weighted by Gasteiger charge is 2.36. The number of carboxylic acid groups (broad SMARTS) is 1. The number of carbonyl (C=O) groups is 3. The fourth-order valence-corrected chi connectivity index (χ4v) is 4.86. The van der Waals surface area contributed by atoms with Crippen LogP contribution in [0.25, 0.3) is 11.1 Å². The Bertz CT molecular complexity index is 994. The minimum Gasteiger partial charge on any atom is -0.480 e. The molecule has 1 fully saturated rings. The van der Waals surface area contributed by atoms with Gasteiger partial charge in [0, 0.05) is 19.1 Å². The molecule has 0 saturated heterocycles. The molecule has 2 aromatic rings. The van der Waals surface area contributed by atoms with E-state index in [-0.39, 0.29) is 19.1 Å². The van der Waals surface area contributed by atoms with Gasteiger partial charge in [-0.2, -0.15) is 0 Å². The molecular formula is C25H28N2O6. The smallest absolute Gasteiger partial charge is 0.407 e. The Morgan fingerprint density at radius 3 is 2.27 bits per heavy atom. The van der Waals surface area contributed by atoms with Crippen LogP contribution in [0.1, 0.15) is 36.3 Å². The van der Waals surface area contributed by atoms with E-state index in [9.17, 15) is 19.5 Å². The lowest BCUT2D eigenvalue weighted by molar-refractivity contribution is -0.144. The van der Waals surface area contributed by atoms with Crippen molar-refractivity contribution in [3.63, 3.8) is 0 Å². The fraction of sp³-hybridized carbons (Fsp3) is 0.400. The van der Waals surface area contributed by atoms with Gasteiger partial charge >= 0.3 is 12.1 Å². The maximum Gasteiger partial charge on any atom is 0.407 e. The Labute approximate surface area is 192 Å². The summed E-state index contributed by atoms with van der Waals surface area (Å²) in [4.78, 5) is 36.5. The lowest BCUT2D eigenvalue weighted by atomic mass is 9.98. The number of alkyl carbamates (subject to hydrolysis) is 1. The number of carbonyl (C=O) groups excluding carboxylic acids is 2. The zero-order valence-electron chi connectivity index (χ0n) is 18.5. The molecule has 8 nitrogen and oxygen atoms in total. The quantitative estimate of drug-likeness (QED) is 0.568. The first-order valence-electron chi connectivity index (χ1n) is 11.1. The van der Waals surface area contributed by atoms with E-state index < -0.39 is 36.0 Å². The minimum atomic E-state index is -1.16. The molecule has 2 amide bonds. The molecule has 174 valence electrons. The van der Waals surface area contributed by atoms with Crippen molar-refractivity contribution < 1.29 is 29.0 Å². The first-order chi connectivity index (χ1) is 16.0. The Morgan fingerprint density at radius 2 is 1.67 bits per heavy atom. The highest BCUT2D eigenvalue weighted by molar-refractivity contribution is 5.86. The molecule has 2 aliphatic carbocycles. The number of carboxylic acids is 1. The van der Waals surface area contributed by atoms with Gasteiger partial charge in [0.25, 0.3) is 0 Å². The standard InChI is InChI=1S/C25H28N2O6/c1-32-14-22(24(29)30)26-23(28)19-11-6-12-21(19)27-25(31)33-13-20-17-9-4-2-7-15(17)16-8-3-5-10-18(16)20/h2-5,7-10,19-22H,6,11-14H2,1H3,(H,26,28)(H,27,31)(H,29,30). The molecule has 2 aromatic carbocycles. The zero-order chi connectivity index (χ0) is 23.4. The Hall–Kier alpha value is -3.39. The Kier molecular flexibility index (Phi) is 6.93. The normalized spacial score (nSPS) is 19.9. The summed E-state index contributed by atoms with van der Waals surface area (Å²) in [5.74, 6) is -2.12. The van der Waals surface area contributed by atoms with E-state index in [1.807, 2.05) is 24.3 Å². The second kappa shape index (κ2) is 10.0. The van der Waals surface area contributed by atoms with Crippen LogP contribution in [0.2, 0.25) is 0 Å². The van der Waals surface area contributed by atoms with E-state index in [0.717, 1.165) is 28.7 Å². The molecule has 3 N–H and O–H groups in total. The molecule has 3 unspecified atom stereocenters. The summed E-state index contributed by atoms with van der Waals surface area (Å²) in [5, 5.41) is 14.6. The molecule has 8 heteroatoms. The maximum atomic E-state index is 12.6. The summed E-state index contributed by atoms with van der Waals surface area (Å²) >= 11 is 0. The van der Waals surface area contributed by atoms with Crippen molar-refractivity contribution in [2.24, 2.45) is 5.92 Å². The van der Waals surface area contributed by atoms with Gasteiger partial charge in [0.15, 0.2) is 6.04 Å². The van der Waals surface area contributed by atoms with Crippen LogP contribution in [0, 0.1) is 5.92 Å². The number of ether oxygens (including phenoxy) is 2. The van der Waals surface area contributed by atoms with Crippen LogP contribution in [0.5, 0.6) is 0 Å². The number of amides is 2. The van der Waals surface area contributed by atoms with Crippen molar-refractivity contribution in [1.29, 1.82) is 0 Å². The predicted molar refractivity (Wildman–Crippen MR) is 121 cm³/mol. The third-order valence-electron chi connectivity index (χ3n) is 6.45. The monoisotopic (exact) mass is 452 g/mol.